The van der Waals surface area contributed by atoms with Crippen molar-refractivity contribution in [2.45, 2.75) is 13.8 Å². The Balaban J connectivity index is 1.72. The Labute approximate surface area is 131 Å². The van der Waals surface area contributed by atoms with Crippen molar-refractivity contribution in [3.05, 3.63) is 17.8 Å². The van der Waals surface area contributed by atoms with Crippen LogP contribution in [0.15, 0.2) is 12.1 Å². The molecule has 1 amide bonds. The largest absolute Gasteiger partial charge is 0.379 e. The Hall–Kier alpha value is -1.73. The van der Waals surface area contributed by atoms with E-state index in [0.717, 1.165) is 39.4 Å². The summed E-state index contributed by atoms with van der Waals surface area (Å²) in [4.78, 5) is 14.3. The average molecular weight is 307 g/mol. The van der Waals surface area contributed by atoms with Crippen LogP contribution in [0.25, 0.3) is 0 Å². The lowest BCUT2D eigenvalue weighted by atomic mass is 10.2. The molecule has 1 aromatic rings. The van der Waals surface area contributed by atoms with Crippen LogP contribution in [0.3, 0.4) is 0 Å². The summed E-state index contributed by atoms with van der Waals surface area (Å²) in [6.45, 7) is 9.89. The number of anilines is 1. The first-order valence-electron chi connectivity index (χ1n) is 7.81. The van der Waals surface area contributed by atoms with Gasteiger partial charge in [-0.1, -0.05) is 13.8 Å². The maximum atomic E-state index is 12.0. The van der Waals surface area contributed by atoms with E-state index in [9.17, 15) is 4.79 Å². The van der Waals surface area contributed by atoms with E-state index in [1.54, 1.807) is 12.1 Å². The lowest BCUT2D eigenvalue weighted by Crippen LogP contribution is -2.41. The minimum absolute atomic E-state index is 0.184. The number of amides is 1. The molecule has 122 valence electrons. The topological polar surface area (TPSA) is 79.4 Å². The lowest BCUT2D eigenvalue weighted by Gasteiger charge is -2.26. The standard InChI is InChI=1S/C15H25N5O2/c1-12(2)11-17-14-4-3-13(18-19-14)15(21)16-5-6-20-7-9-22-10-8-20/h3-4,12H,5-11H2,1-2H3,(H,16,21)(H,17,19). The van der Waals surface area contributed by atoms with E-state index in [0.29, 0.717) is 24.0 Å². The number of rotatable bonds is 7. The van der Waals surface area contributed by atoms with Gasteiger partial charge in [0.1, 0.15) is 5.82 Å². The Morgan fingerprint density at radius 2 is 2.09 bits per heavy atom. The first-order chi connectivity index (χ1) is 10.6. The van der Waals surface area contributed by atoms with Crippen LogP contribution in [0.1, 0.15) is 24.3 Å². The van der Waals surface area contributed by atoms with E-state index in [1.807, 2.05) is 0 Å². The van der Waals surface area contributed by atoms with Gasteiger partial charge >= 0.3 is 0 Å². The fraction of sp³-hybridized carbons (Fsp3) is 0.667. The Morgan fingerprint density at radius 1 is 1.32 bits per heavy atom. The first kappa shape index (κ1) is 16.6. The third-order valence-corrected chi connectivity index (χ3v) is 3.41. The molecule has 1 aliphatic rings. The predicted molar refractivity (Wildman–Crippen MR) is 85.0 cm³/mol. The van der Waals surface area contributed by atoms with Gasteiger partial charge < -0.3 is 15.4 Å². The fourth-order valence-corrected chi connectivity index (χ4v) is 2.10. The molecule has 0 saturated carbocycles. The normalized spacial score (nSPS) is 15.8. The van der Waals surface area contributed by atoms with Crippen LogP contribution in [-0.2, 0) is 4.74 Å². The second-order valence-electron chi connectivity index (χ2n) is 5.79. The van der Waals surface area contributed by atoms with Crippen LogP contribution in [0.5, 0.6) is 0 Å². The Bertz CT molecular complexity index is 458. The summed E-state index contributed by atoms with van der Waals surface area (Å²) in [5.74, 6) is 1.04. The summed E-state index contributed by atoms with van der Waals surface area (Å²) in [6, 6.07) is 3.48. The second kappa shape index (κ2) is 8.65. The molecule has 2 rings (SSSR count). The van der Waals surface area contributed by atoms with Crippen molar-refractivity contribution >= 4 is 11.7 Å². The molecule has 7 heteroatoms. The zero-order chi connectivity index (χ0) is 15.8. The highest BCUT2D eigenvalue weighted by Crippen LogP contribution is 2.03. The highest BCUT2D eigenvalue weighted by Gasteiger charge is 2.11. The lowest BCUT2D eigenvalue weighted by molar-refractivity contribution is 0.0383. The summed E-state index contributed by atoms with van der Waals surface area (Å²) in [6.07, 6.45) is 0. The molecule has 2 heterocycles. The average Bonchev–Trinajstić information content (AvgIpc) is 2.54. The number of nitrogens with one attached hydrogen (secondary N) is 2. The molecule has 0 aliphatic carbocycles. The number of morpholine rings is 1. The fourth-order valence-electron chi connectivity index (χ4n) is 2.10. The molecule has 2 N–H and O–H groups in total. The van der Waals surface area contributed by atoms with E-state index in [-0.39, 0.29) is 5.91 Å². The quantitative estimate of drug-likeness (QED) is 0.768. The molecule has 1 saturated heterocycles. The number of hydrogen-bond donors (Lipinski definition) is 2. The van der Waals surface area contributed by atoms with Gasteiger partial charge in [0.25, 0.3) is 5.91 Å². The molecule has 1 aromatic heterocycles. The molecule has 0 bridgehead atoms. The smallest absolute Gasteiger partial charge is 0.271 e. The van der Waals surface area contributed by atoms with E-state index in [4.69, 9.17) is 4.74 Å². The maximum Gasteiger partial charge on any atom is 0.271 e. The van der Waals surface area contributed by atoms with E-state index < -0.39 is 0 Å². The van der Waals surface area contributed by atoms with Crippen molar-refractivity contribution in [3.8, 4) is 0 Å². The molecular formula is C15H25N5O2. The SMILES string of the molecule is CC(C)CNc1ccc(C(=O)NCCN2CCOCC2)nn1. The second-order valence-corrected chi connectivity index (χ2v) is 5.79. The number of hydrogen-bond acceptors (Lipinski definition) is 6. The van der Waals surface area contributed by atoms with Crippen molar-refractivity contribution < 1.29 is 9.53 Å². The van der Waals surface area contributed by atoms with E-state index in [2.05, 4.69) is 39.6 Å². The molecule has 0 unspecified atom stereocenters. The summed E-state index contributed by atoms with van der Waals surface area (Å²) >= 11 is 0. The predicted octanol–water partition coefficient (Wildman–Crippen LogP) is 0.607. The zero-order valence-electron chi connectivity index (χ0n) is 13.3. The van der Waals surface area contributed by atoms with Gasteiger partial charge in [0.2, 0.25) is 0 Å². The highest BCUT2D eigenvalue weighted by molar-refractivity contribution is 5.92. The summed E-state index contributed by atoms with van der Waals surface area (Å²) in [5, 5.41) is 14.0. The van der Waals surface area contributed by atoms with Crippen LogP contribution in [0.4, 0.5) is 5.82 Å². The van der Waals surface area contributed by atoms with Gasteiger partial charge in [-0.05, 0) is 18.1 Å². The number of aromatic nitrogens is 2. The molecule has 0 radical (unpaired) electrons. The van der Waals surface area contributed by atoms with Crippen LogP contribution in [-0.4, -0.2) is 66.9 Å². The minimum atomic E-state index is -0.184. The van der Waals surface area contributed by atoms with E-state index >= 15 is 0 Å². The van der Waals surface area contributed by atoms with Crippen molar-refractivity contribution in [2.24, 2.45) is 5.92 Å². The minimum Gasteiger partial charge on any atom is -0.379 e. The van der Waals surface area contributed by atoms with Gasteiger partial charge in [0.15, 0.2) is 5.69 Å². The highest BCUT2D eigenvalue weighted by atomic mass is 16.5. The van der Waals surface area contributed by atoms with Crippen molar-refractivity contribution in [3.63, 3.8) is 0 Å². The molecule has 1 aliphatic heterocycles. The van der Waals surface area contributed by atoms with Gasteiger partial charge in [-0.25, -0.2) is 0 Å². The van der Waals surface area contributed by atoms with Crippen molar-refractivity contribution in [1.82, 2.24) is 20.4 Å². The van der Waals surface area contributed by atoms with Gasteiger partial charge in [0, 0.05) is 32.7 Å². The van der Waals surface area contributed by atoms with Gasteiger partial charge in [0.05, 0.1) is 13.2 Å². The third kappa shape index (κ3) is 5.57. The molecule has 7 nitrogen and oxygen atoms in total. The monoisotopic (exact) mass is 307 g/mol. The molecule has 0 spiro atoms. The van der Waals surface area contributed by atoms with Crippen LogP contribution in [0, 0.1) is 5.92 Å². The van der Waals surface area contributed by atoms with E-state index in [1.165, 1.54) is 0 Å². The Morgan fingerprint density at radius 3 is 2.73 bits per heavy atom. The maximum absolute atomic E-state index is 12.0. The molecule has 1 fully saturated rings. The van der Waals surface area contributed by atoms with Crippen molar-refractivity contribution in [1.29, 1.82) is 0 Å². The molecule has 0 aromatic carbocycles. The summed E-state index contributed by atoms with van der Waals surface area (Å²) in [5.41, 5.74) is 0.345. The number of carbonyl (C=O) groups excluding carboxylic acids is 1. The number of nitrogens with zero attached hydrogens (tertiary/aromatic N) is 3. The summed E-state index contributed by atoms with van der Waals surface area (Å²) in [7, 11) is 0. The van der Waals surface area contributed by atoms with Crippen molar-refractivity contribution in [2.75, 3.05) is 51.3 Å². The molecule has 0 atom stereocenters. The number of ether oxygens (including phenoxy) is 1. The van der Waals surface area contributed by atoms with Crippen LogP contribution < -0.4 is 10.6 Å². The first-order valence-corrected chi connectivity index (χ1v) is 7.81. The van der Waals surface area contributed by atoms with Gasteiger partial charge in [-0.15, -0.1) is 10.2 Å². The number of carbonyl (C=O) groups is 1. The molecular weight excluding hydrogens is 282 g/mol. The summed E-state index contributed by atoms with van der Waals surface area (Å²) < 4.78 is 5.29. The van der Waals surface area contributed by atoms with Crippen LogP contribution >= 0.6 is 0 Å². The third-order valence-electron chi connectivity index (χ3n) is 3.41. The van der Waals surface area contributed by atoms with Crippen LogP contribution in [0.2, 0.25) is 0 Å². The van der Waals surface area contributed by atoms with Gasteiger partial charge in [-0.3, -0.25) is 9.69 Å². The van der Waals surface area contributed by atoms with Gasteiger partial charge in [-0.2, -0.15) is 0 Å². The molecule has 22 heavy (non-hydrogen) atoms. The Kier molecular flexibility index (Phi) is 6.54. The zero-order valence-corrected chi connectivity index (χ0v) is 13.3.